The summed E-state index contributed by atoms with van der Waals surface area (Å²) in [5.74, 6) is -1.61. The monoisotopic (exact) mass is 429 g/mol. The van der Waals surface area contributed by atoms with E-state index in [0.29, 0.717) is 12.8 Å². The number of amides is 3. The molecule has 0 aliphatic carbocycles. The highest BCUT2D eigenvalue weighted by Gasteiger charge is 2.20. The Morgan fingerprint density at radius 3 is 2.50 bits per heavy atom. The molecule has 0 fully saturated rings. The SMILES string of the molecule is CC(=O)NC(CC[C@H](N)c1noc(CNC(=O)N[C@@H](CO)C(=O)O)n1)CNC(=N)N. The molecule has 11 N–H and O–H groups in total. The Hall–Kier alpha value is -3.46. The van der Waals surface area contributed by atoms with Crippen LogP contribution in [0.5, 0.6) is 0 Å². The summed E-state index contributed by atoms with van der Waals surface area (Å²) in [5.41, 5.74) is 11.3. The quantitative estimate of drug-likeness (QED) is 0.120. The van der Waals surface area contributed by atoms with Gasteiger partial charge in [0.2, 0.25) is 11.8 Å². The molecule has 15 heteroatoms. The number of carbonyl (C=O) groups excluding carboxylic acids is 2. The van der Waals surface area contributed by atoms with Crippen molar-refractivity contribution in [3.8, 4) is 0 Å². The third-order valence-electron chi connectivity index (χ3n) is 3.77. The molecule has 0 saturated heterocycles. The smallest absolute Gasteiger partial charge is 0.328 e. The minimum atomic E-state index is -1.44. The lowest BCUT2D eigenvalue weighted by Crippen LogP contribution is -2.47. The first-order valence-electron chi connectivity index (χ1n) is 8.93. The summed E-state index contributed by atoms with van der Waals surface area (Å²) in [6, 6.07) is -3.21. The molecule has 1 aromatic rings. The highest BCUT2D eigenvalue weighted by molar-refractivity contribution is 5.82. The highest BCUT2D eigenvalue weighted by atomic mass is 16.5. The number of nitrogens with zero attached hydrogens (tertiary/aromatic N) is 2. The molecule has 3 atom stereocenters. The van der Waals surface area contributed by atoms with Crippen LogP contribution in [0.25, 0.3) is 0 Å². The summed E-state index contributed by atoms with van der Waals surface area (Å²) in [4.78, 5) is 37.7. The van der Waals surface area contributed by atoms with Gasteiger partial charge in [0.1, 0.15) is 0 Å². The number of aliphatic hydroxyl groups excluding tert-OH is 1. The number of aromatic nitrogens is 2. The van der Waals surface area contributed by atoms with Gasteiger partial charge in [-0.2, -0.15) is 4.98 Å². The second-order valence-corrected chi connectivity index (χ2v) is 6.32. The molecule has 1 heterocycles. The van der Waals surface area contributed by atoms with Crippen LogP contribution in [-0.4, -0.2) is 69.5 Å². The van der Waals surface area contributed by atoms with Crippen LogP contribution >= 0.6 is 0 Å². The van der Waals surface area contributed by atoms with Crippen LogP contribution in [0.2, 0.25) is 0 Å². The van der Waals surface area contributed by atoms with Gasteiger partial charge < -0.3 is 47.5 Å². The van der Waals surface area contributed by atoms with Crippen LogP contribution in [0.1, 0.15) is 37.5 Å². The summed E-state index contributed by atoms with van der Waals surface area (Å²) in [5, 5.41) is 38.3. The third-order valence-corrected chi connectivity index (χ3v) is 3.77. The van der Waals surface area contributed by atoms with Gasteiger partial charge in [0.15, 0.2) is 17.8 Å². The third kappa shape index (κ3) is 9.16. The van der Waals surface area contributed by atoms with Crippen molar-refractivity contribution >= 4 is 23.9 Å². The molecule has 0 bridgehead atoms. The van der Waals surface area contributed by atoms with Gasteiger partial charge in [-0.15, -0.1) is 0 Å². The molecule has 1 unspecified atom stereocenters. The Balaban J connectivity index is 2.52. The molecule has 0 spiro atoms. The Bertz CT molecular complexity index is 740. The maximum atomic E-state index is 11.6. The number of nitrogens with one attached hydrogen (secondary N) is 5. The summed E-state index contributed by atoms with van der Waals surface area (Å²) >= 11 is 0. The average molecular weight is 429 g/mol. The highest BCUT2D eigenvalue weighted by Crippen LogP contribution is 2.14. The molecule has 0 radical (unpaired) electrons. The molecule has 168 valence electrons. The van der Waals surface area contributed by atoms with E-state index in [9.17, 15) is 14.4 Å². The molecular weight excluding hydrogens is 402 g/mol. The lowest BCUT2D eigenvalue weighted by Gasteiger charge is -2.19. The molecule has 30 heavy (non-hydrogen) atoms. The summed E-state index contributed by atoms with van der Waals surface area (Å²) in [6.07, 6.45) is 0.831. The standard InChI is InChI=1S/C15H27N9O6/c1-7(26)21-8(4-19-14(17)18)2-3-9(16)12-23-11(30-24-12)5-20-15(29)22-10(6-25)13(27)28/h8-10,25H,2-6,16H2,1H3,(H,21,26)(H,27,28)(H4,17,18,19)(H2,20,22,29)/t8?,9-,10-/m0/s1. The van der Waals surface area contributed by atoms with E-state index in [4.69, 9.17) is 31.6 Å². The van der Waals surface area contributed by atoms with Gasteiger partial charge in [-0.05, 0) is 12.8 Å². The lowest BCUT2D eigenvalue weighted by atomic mass is 10.1. The van der Waals surface area contributed by atoms with Crippen LogP contribution < -0.4 is 32.7 Å². The van der Waals surface area contributed by atoms with Crippen LogP contribution in [-0.2, 0) is 16.1 Å². The van der Waals surface area contributed by atoms with Crippen LogP contribution in [0, 0.1) is 5.41 Å². The van der Waals surface area contributed by atoms with E-state index in [2.05, 4.69) is 31.4 Å². The number of hydrogen-bond donors (Lipinski definition) is 9. The van der Waals surface area contributed by atoms with Gasteiger partial charge in [0.05, 0.1) is 19.2 Å². The van der Waals surface area contributed by atoms with Crippen molar-refractivity contribution in [2.24, 2.45) is 11.5 Å². The fraction of sp³-hybridized carbons (Fsp3) is 0.600. The summed E-state index contributed by atoms with van der Waals surface area (Å²) in [7, 11) is 0. The molecular formula is C15H27N9O6. The van der Waals surface area contributed by atoms with Crippen LogP contribution in [0.4, 0.5) is 4.79 Å². The predicted octanol–water partition coefficient (Wildman–Crippen LogP) is -2.92. The minimum Gasteiger partial charge on any atom is -0.480 e. The van der Waals surface area contributed by atoms with Crippen LogP contribution in [0.3, 0.4) is 0 Å². The van der Waals surface area contributed by atoms with E-state index in [1.54, 1.807) is 0 Å². The number of rotatable bonds is 12. The van der Waals surface area contributed by atoms with Crippen molar-refractivity contribution in [1.29, 1.82) is 5.41 Å². The molecule has 1 aromatic heterocycles. The minimum absolute atomic E-state index is 0.0446. The molecule has 3 amide bonds. The van der Waals surface area contributed by atoms with Crippen molar-refractivity contribution in [3.63, 3.8) is 0 Å². The van der Waals surface area contributed by atoms with Crippen molar-refractivity contribution in [2.75, 3.05) is 13.2 Å². The molecule has 0 aliphatic rings. The number of aliphatic carboxylic acids is 1. The molecule has 0 aliphatic heterocycles. The first kappa shape index (κ1) is 24.6. The number of carbonyl (C=O) groups is 3. The van der Waals surface area contributed by atoms with Gasteiger partial charge in [0, 0.05) is 19.5 Å². The first-order valence-corrected chi connectivity index (χ1v) is 8.93. The zero-order valence-electron chi connectivity index (χ0n) is 16.3. The molecule has 0 aromatic carbocycles. The predicted molar refractivity (Wildman–Crippen MR) is 102 cm³/mol. The number of guanidine groups is 1. The lowest BCUT2D eigenvalue weighted by molar-refractivity contribution is -0.140. The molecule has 15 nitrogen and oxygen atoms in total. The van der Waals surface area contributed by atoms with Gasteiger partial charge in [-0.1, -0.05) is 5.16 Å². The van der Waals surface area contributed by atoms with Crippen molar-refractivity contribution in [2.45, 2.75) is 44.4 Å². The second kappa shape index (κ2) is 12.2. The van der Waals surface area contributed by atoms with Crippen molar-refractivity contribution < 1.29 is 29.1 Å². The van der Waals surface area contributed by atoms with Gasteiger partial charge in [-0.25, -0.2) is 9.59 Å². The number of carboxylic acid groups (broad SMARTS) is 1. The number of carboxylic acids is 1. The summed E-state index contributed by atoms with van der Waals surface area (Å²) in [6.45, 7) is 0.683. The number of aliphatic hydroxyl groups is 1. The van der Waals surface area contributed by atoms with Crippen molar-refractivity contribution in [3.05, 3.63) is 11.7 Å². The Kier molecular flexibility index (Phi) is 9.98. The average Bonchev–Trinajstić information content (AvgIpc) is 3.14. The topological polar surface area (TPSA) is 255 Å². The summed E-state index contributed by atoms with van der Waals surface area (Å²) < 4.78 is 4.99. The van der Waals surface area contributed by atoms with E-state index in [-0.39, 0.29) is 42.7 Å². The molecule has 1 rings (SSSR count). The Morgan fingerprint density at radius 2 is 1.93 bits per heavy atom. The zero-order chi connectivity index (χ0) is 22.7. The first-order chi connectivity index (χ1) is 14.1. The van der Waals surface area contributed by atoms with E-state index in [1.807, 2.05) is 0 Å². The van der Waals surface area contributed by atoms with E-state index >= 15 is 0 Å². The van der Waals surface area contributed by atoms with Gasteiger partial charge in [-0.3, -0.25) is 10.2 Å². The van der Waals surface area contributed by atoms with E-state index in [0.717, 1.165) is 0 Å². The normalized spacial score (nSPS) is 13.6. The largest absolute Gasteiger partial charge is 0.480 e. The fourth-order valence-corrected chi connectivity index (χ4v) is 2.30. The maximum absolute atomic E-state index is 11.6. The van der Waals surface area contributed by atoms with E-state index in [1.165, 1.54) is 6.92 Å². The zero-order valence-corrected chi connectivity index (χ0v) is 16.3. The number of nitrogens with two attached hydrogens (primary N) is 2. The van der Waals surface area contributed by atoms with Crippen LogP contribution in [0.15, 0.2) is 4.52 Å². The number of hydrogen-bond acceptors (Lipinski definition) is 9. The van der Waals surface area contributed by atoms with Crippen molar-refractivity contribution in [1.82, 2.24) is 31.4 Å². The Labute approximate surface area is 171 Å². The van der Waals surface area contributed by atoms with Gasteiger partial charge >= 0.3 is 12.0 Å². The maximum Gasteiger partial charge on any atom is 0.328 e. The second-order valence-electron chi connectivity index (χ2n) is 6.32. The Morgan fingerprint density at radius 1 is 1.23 bits per heavy atom. The fourth-order valence-electron chi connectivity index (χ4n) is 2.30. The van der Waals surface area contributed by atoms with Gasteiger partial charge in [0.25, 0.3) is 0 Å². The number of urea groups is 1. The van der Waals surface area contributed by atoms with E-state index < -0.39 is 30.7 Å². The molecule has 0 saturated carbocycles.